The maximum absolute atomic E-state index is 13.2. The van der Waals surface area contributed by atoms with E-state index >= 15 is 0 Å². The third kappa shape index (κ3) is 6.56. The summed E-state index contributed by atoms with van der Waals surface area (Å²) in [4.78, 5) is 36.0. The van der Waals surface area contributed by atoms with Crippen LogP contribution in [0.25, 0.3) is 0 Å². The molecule has 1 aromatic heterocycles. The number of anilines is 1. The Morgan fingerprint density at radius 1 is 1.17 bits per heavy atom. The highest BCUT2D eigenvalue weighted by atomic mass is 35.5. The number of aromatic nitrogens is 1. The largest absolute Gasteiger partial charge is 0.343 e. The summed E-state index contributed by atoms with van der Waals surface area (Å²) in [6.45, 7) is 2.38. The predicted octanol–water partition coefficient (Wildman–Crippen LogP) is 4.30. The van der Waals surface area contributed by atoms with Gasteiger partial charge in [0.25, 0.3) is 0 Å². The zero-order chi connectivity index (χ0) is 21.5. The second-order valence-corrected chi connectivity index (χ2v) is 10.3. The fourth-order valence-electron chi connectivity index (χ4n) is 4.56. The molecular weight excluding hydrogens is 422 g/mol. The van der Waals surface area contributed by atoms with Gasteiger partial charge in [0.2, 0.25) is 5.91 Å². The molecule has 7 nitrogen and oxygen atoms in total. The normalized spacial score (nSPS) is 18.6. The van der Waals surface area contributed by atoms with Crippen molar-refractivity contribution in [3.8, 4) is 0 Å². The molecule has 0 spiro atoms. The molecule has 3 amide bonds. The molecule has 2 aliphatic rings. The van der Waals surface area contributed by atoms with E-state index in [0.29, 0.717) is 15.9 Å². The summed E-state index contributed by atoms with van der Waals surface area (Å²) in [6.07, 6.45) is 10.4. The Morgan fingerprint density at radius 3 is 2.43 bits per heavy atom. The molecule has 9 heteroatoms. The van der Waals surface area contributed by atoms with Crippen LogP contribution in [0.5, 0.6) is 0 Å². The van der Waals surface area contributed by atoms with E-state index in [4.69, 9.17) is 11.6 Å². The number of carbonyl (C=O) groups excluding carboxylic acids is 2. The summed E-state index contributed by atoms with van der Waals surface area (Å²) in [6, 6.07) is 0.347. The number of hydrogen-bond donors (Lipinski definition) is 1. The van der Waals surface area contributed by atoms with Crippen molar-refractivity contribution in [3.63, 3.8) is 0 Å². The van der Waals surface area contributed by atoms with Crippen LogP contribution >= 0.6 is 22.9 Å². The Labute approximate surface area is 188 Å². The number of likely N-dealkylation sites (tertiary alicyclic amines) is 1. The summed E-state index contributed by atoms with van der Waals surface area (Å²) in [5.74, 6) is 0.237. The number of rotatable bonds is 7. The number of amides is 3. The van der Waals surface area contributed by atoms with Gasteiger partial charge >= 0.3 is 6.03 Å². The van der Waals surface area contributed by atoms with Gasteiger partial charge < -0.3 is 14.7 Å². The number of hydrogen-bond acceptors (Lipinski definition) is 5. The molecule has 3 rings (SSSR count). The number of halogens is 1. The molecule has 0 atom stereocenters. The second kappa shape index (κ2) is 11.3. The average molecular weight is 456 g/mol. The van der Waals surface area contributed by atoms with Crippen molar-refractivity contribution in [1.29, 1.82) is 0 Å². The summed E-state index contributed by atoms with van der Waals surface area (Å²) < 4.78 is 0.565. The SMILES string of the molecule is CN(C)CCCC(=O)N1CCC(N(C(=O)Nc2ncc(Cl)s2)C2CCCCC2)CC1. The molecular formula is C21H34ClN5O2S. The van der Waals surface area contributed by atoms with Crippen LogP contribution in [0.2, 0.25) is 4.34 Å². The molecule has 1 aliphatic carbocycles. The number of urea groups is 1. The minimum Gasteiger partial charge on any atom is -0.343 e. The molecule has 2 heterocycles. The minimum atomic E-state index is -0.0799. The van der Waals surface area contributed by atoms with Crippen LogP contribution in [-0.2, 0) is 4.79 Å². The first-order chi connectivity index (χ1) is 14.4. The lowest BCUT2D eigenvalue weighted by Crippen LogP contribution is -2.54. The number of nitrogens with zero attached hydrogens (tertiary/aromatic N) is 4. The van der Waals surface area contributed by atoms with Crippen LogP contribution in [0, 0.1) is 0 Å². The number of piperidine rings is 1. The zero-order valence-corrected chi connectivity index (χ0v) is 19.7. The van der Waals surface area contributed by atoms with Crippen molar-refractivity contribution in [3.05, 3.63) is 10.5 Å². The van der Waals surface area contributed by atoms with Crippen molar-refractivity contribution in [2.75, 3.05) is 39.0 Å². The van der Waals surface area contributed by atoms with Crippen LogP contribution in [0.3, 0.4) is 0 Å². The quantitative estimate of drug-likeness (QED) is 0.665. The van der Waals surface area contributed by atoms with Crippen molar-refractivity contribution in [2.45, 2.75) is 69.9 Å². The van der Waals surface area contributed by atoms with Gasteiger partial charge in [-0.25, -0.2) is 9.78 Å². The highest BCUT2D eigenvalue weighted by Crippen LogP contribution is 2.30. The Bertz CT molecular complexity index is 699. The van der Waals surface area contributed by atoms with E-state index in [9.17, 15) is 9.59 Å². The van der Waals surface area contributed by atoms with Crippen LogP contribution in [-0.4, -0.2) is 77.4 Å². The Kier molecular flexibility index (Phi) is 8.77. The molecule has 1 saturated carbocycles. The Morgan fingerprint density at radius 2 is 1.83 bits per heavy atom. The van der Waals surface area contributed by atoms with E-state index < -0.39 is 0 Å². The second-order valence-electron chi connectivity index (χ2n) is 8.62. The first-order valence-corrected chi connectivity index (χ1v) is 12.3. The van der Waals surface area contributed by atoms with Crippen molar-refractivity contribution < 1.29 is 9.59 Å². The minimum absolute atomic E-state index is 0.0799. The molecule has 1 aromatic rings. The van der Waals surface area contributed by atoms with E-state index in [2.05, 4.69) is 20.1 Å². The first kappa shape index (κ1) is 23.3. The van der Waals surface area contributed by atoms with Gasteiger partial charge in [0.05, 0.1) is 6.20 Å². The highest BCUT2D eigenvalue weighted by Gasteiger charge is 2.35. The van der Waals surface area contributed by atoms with Crippen LogP contribution < -0.4 is 5.32 Å². The zero-order valence-electron chi connectivity index (χ0n) is 18.1. The van der Waals surface area contributed by atoms with Crippen LogP contribution in [0.15, 0.2) is 6.20 Å². The summed E-state index contributed by atoms with van der Waals surface area (Å²) in [7, 11) is 4.06. The standard InChI is InChI=1S/C21H34ClN5O2S/c1-25(2)12-6-9-19(28)26-13-10-17(11-14-26)27(16-7-4-3-5-8-16)21(29)24-20-23-15-18(22)30-20/h15-17H,3-14H2,1-2H3,(H,23,24,29). The number of carbonyl (C=O) groups is 2. The number of thiazole rings is 1. The van der Waals surface area contributed by atoms with Gasteiger partial charge in [-0.2, -0.15) is 0 Å². The maximum Gasteiger partial charge on any atom is 0.324 e. The van der Waals surface area contributed by atoms with Gasteiger partial charge in [-0.15, -0.1) is 0 Å². The van der Waals surface area contributed by atoms with Gasteiger partial charge in [-0.05, 0) is 52.7 Å². The van der Waals surface area contributed by atoms with E-state index in [1.54, 1.807) is 6.20 Å². The predicted molar refractivity (Wildman–Crippen MR) is 122 cm³/mol. The molecule has 168 valence electrons. The van der Waals surface area contributed by atoms with Crippen LogP contribution in [0.4, 0.5) is 9.93 Å². The smallest absolute Gasteiger partial charge is 0.324 e. The molecule has 0 bridgehead atoms. The van der Waals surface area contributed by atoms with Crippen molar-refractivity contribution in [1.82, 2.24) is 19.7 Å². The van der Waals surface area contributed by atoms with Gasteiger partial charge in [-0.3, -0.25) is 10.1 Å². The fourth-order valence-corrected chi connectivity index (χ4v) is 5.36. The monoisotopic (exact) mass is 455 g/mol. The lowest BCUT2D eigenvalue weighted by atomic mass is 9.91. The van der Waals surface area contributed by atoms with Crippen molar-refractivity contribution >= 4 is 40.0 Å². The Balaban J connectivity index is 1.58. The van der Waals surface area contributed by atoms with Crippen LogP contribution in [0.1, 0.15) is 57.8 Å². The van der Waals surface area contributed by atoms with Gasteiger partial charge in [0.1, 0.15) is 4.34 Å². The molecule has 0 aromatic carbocycles. The molecule has 0 unspecified atom stereocenters. The molecule has 1 aliphatic heterocycles. The summed E-state index contributed by atoms with van der Waals surface area (Å²) in [5.41, 5.74) is 0. The van der Waals surface area contributed by atoms with E-state index in [-0.39, 0.29) is 24.0 Å². The number of nitrogens with one attached hydrogen (secondary N) is 1. The lowest BCUT2D eigenvalue weighted by Gasteiger charge is -2.43. The molecule has 1 N–H and O–H groups in total. The van der Waals surface area contributed by atoms with E-state index in [0.717, 1.165) is 51.7 Å². The van der Waals surface area contributed by atoms with Gasteiger partial charge in [0, 0.05) is 31.6 Å². The fraction of sp³-hybridized carbons (Fsp3) is 0.762. The summed E-state index contributed by atoms with van der Waals surface area (Å²) >= 11 is 7.25. The first-order valence-electron chi connectivity index (χ1n) is 11.1. The molecule has 0 radical (unpaired) electrons. The molecule has 30 heavy (non-hydrogen) atoms. The molecule has 1 saturated heterocycles. The van der Waals surface area contributed by atoms with E-state index in [1.165, 1.54) is 30.6 Å². The Hall–Kier alpha value is -1.38. The third-order valence-electron chi connectivity index (χ3n) is 6.10. The topological polar surface area (TPSA) is 68.8 Å². The summed E-state index contributed by atoms with van der Waals surface area (Å²) in [5, 5.41) is 3.50. The van der Waals surface area contributed by atoms with Crippen molar-refractivity contribution in [2.24, 2.45) is 0 Å². The van der Waals surface area contributed by atoms with Gasteiger partial charge in [-0.1, -0.05) is 42.2 Å². The maximum atomic E-state index is 13.2. The molecule has 2 fully saturated rings. The lowest BCUT2D eigenvalue weighted by molar-refractivity contribution is -0.132. The van der Waals surface area contributed by atoms with Gasteiger partial charge in [0.15, 0.2) is 5.13 Å². The average Bonchev–Trinajstić information content (AvgIpc) is 3.13. The third-order valence-corrected chi connectivity index (χ3v) is 7.13. The highest BCUT2D eigenvalue weighted by molar-refractivity contribution is 7.19. The van der Waals surface area contributed by atoms with E-state index in [1.807, 2.05) is 19.0 Å².